The molecule has 5 heteroatoms. The highest BCUT2D eigenvalue weighted by atomic mass is 15.3. The fourth-order valence-corrected chi connectivity index (χ4v) is 2.96. The van der Waals surface area contributed by atoms with E-state index in [0.717, 1.165) is 25.5 Å². The van der Waals surface area contributed by atoms with E-state index in [4.69, 9.17) is 0 Å². The highest BCUT2D eigenvalue weighted by Gasteiger charge is 2.36. The molecule has 1 fully saturated rings. The summed E-state index contributed by atoms with van der Waals surface area (Å²) in [5.74, 6) is 1.70. The van der Waals surface area contributed by atoms with Gasteiger partial charge in [-0.15, -0.1) is 0 Å². The molecule has 2 unspecified atom stereocenters. The highest BCUT2D eigenvalue weighted by molar-refractivity contribution is 4.96. The van der Waals surface area contributed by atoms with Gasteiger partial charge in [0, 0.05) is 32.2 Å². The van der Waals surface area contributed by atoms with Crippen LogP contribution in [-0.4, -0.2) is 44.8 Å². The van der Waals surface area contributed by atoms with Crippen molar-refractivity contribution >= 4 is 0 Å². The Morgan fingerprint density at radius 1 is 1.40 bits per heavy atom. The zero-order valence-corrected chi connectivity index (χ0v) is 13.7. The normalized spacial score (nSPS) is 25.4. The molecule has 0 amide bonds. The predicted molar refractivity (Wildman–Crippen MR) is 81.3 cm³/mol. The van der Waals surface area contributed by atoms with Crippen LogP contribution in [-0.2, 0) is 13.6 Å². The smallest absolute Gasteiger partial charge is 0.140 e. The molecule has 1 aromatic heterocycles. The molecular weight excluding hydrogens is 250 g/mol. The van der Waals surface area contributed by atoms with E-state index in [2.05, 4.69) is 54.9 Å². The lowest BCUT2D eigenvalue weighted by atomic mass is 9.83. The third kappa shape index (κ3) is 3.38. The molecule has 20 heavy (non-hydrogen) atoms. The topological polar surface area (TPSA) is 46.0 Å². The largest absolute Gasteiger partial charge is 0.311 e. The van der Waals surface area contributed by atoms with Gasteiger partial charge in [0.25, 0.3) is 0 Å². The Morgan fingerprint density at radius 2 is 2.10 bits per heavy atom. The van der Waals surface area contributed by atoms with Crippen molar-refractivity contribution < 1.29 is 0 Å². The van der Waals surface area contributed by atoms with Gasteiger partial charge < -0.3 is 5.32 Å². The van der Waals surface area contributed by atoms with E-state index < -0.39 is 0 Å². The van der Waals surface area contributed by atoms with Crippen molar-refractivity contribution in [1.82, 2.24) is 25.0 Å². The molecule has 2 heterocycles. The first-order valence-corrected chi connectivity index (χ1v) is 7.59. The molecule has 2 atom stereocenters. The van der Waals surface area contributed by atoms with Gasteiger partial charge in [0.15, 0.2) is 0 Å². The van der Waals surface area contributed by atoms with Crippen LogP contribution in [0.1, 0.15) is 40.4 Å². The lowest BCUT2D eigenvalue weighted by Crippen LogP contribution is -2.61. The van der Waals surface area contributed by atoms with Gasteiger partial charge in [0.2, 0.25) is 0 Å². The average Bonchev–Trinajstić information content (AvgIpc) is 2.73. The van der Waals surface area contributed by atoms with Gasteiger partial charge in [-0.3, -0.25) is 9.58 Å². The van der Waals surface area contributed by atoms with Crippen LogP contribution in [0.15, 0.2) is 6.33 Å². The summed E-state index contributed by atoms with van der Waals surface area (Å²) >= 11 is 0. The van der Waals surface area contributed by atoms with Crippen molar-refractivity contribution in [3.8, 4) is 0 Å². The van der Waals surface area contributed by atoms with Crippen LogP contribution in [0.2, 0.25) is 0 Å². The van der Waals surface area contributed by atoms with E-state index in [-0.39, 0.29) is 5.41 Å². The number of hydrogen-bond acceptors (Lipinski definition) is 4. The van der Waals surface area contributed by atoms with Gasteiger partial charge in [0.05, 0.1) is 6.54 Å². The number of aryl methyl sites for hydroxylation is 1. The van der Waals surface area contributed by atoms with E-state index in [1.165, 1.54) is 0 Å². The van der Waals surface area contributed by atoms with Crippen LogP contribution < -0.4 is 5.32 Å². The zero-order valence-electron chi connectivity index (χ0n) is 13.7. The van der Waals surface area contributed by atoms with Crippen LogP contribution in [0.25, 0.3) is 0 Å². The van der Waals surface area contributed by atoms with Crippen molar-refractivity contribution in [3.63, 3.8) is 0 Å². The van der Waals surface area contributed by atoms with Gasteiger partial charge in [-0.1, -0.05) is 34.6 Å². The van der Waals surface area contributed by atoms with Gasteiger partial charge in [0.1, 0.15) is 12.2 Å². The molecule has 0 radical (unpaired) electrons. The average molecular weight is 279 g/mol. The summed E-state index contributed by atoms with van der Waals surface area (Å²) in [4.78, 5) is 6.96. The summed E-state index contributed by atoms with van der Waals surface area (Å²) in [5, 5.41) is 7.90. The number of aromatic nitrogens is 3. The van der Waals surface area contributed by atoms with Gasteiger partial charge in [-0.05, 0) is 11.3 Å². The lowest BCUT2D eigenvalue weighted by molar-refractivity contribution is 0.0373. The summed E-state index contributed by atoms with van der Waals surface area (Å²) in [6, 6.07) is 1.08. The van der Waals surface area contributed by atoms with Gasteiger partial charge >= 0.3 is 0 Å². The molecule has 0 spiro atoms. The van der Waals surface area contributed by atoms with Gasteiger partial charge in [-0.2, -0.15) is 5.10 Å². The fourth-order valence-electron chi connectivity index (χ4n) is 2.96. The van der Waals surface area contributed by atoms with E-state index in [1.807, 2.05) is 11.7 Å². The molecule has 1 saturated heterocycles. The van der Waals surface area contributed by atoms with Crippen LogP contribution in [0, 0.1) is 11.3 Å². The Labute approximate surface area is 122 Å². The molecule has 0 aliphatic carbocycles. The third-order valence-electron chi connectivity index (χ3n) is 4.40. The predicted octanol–water partition coefficient (Wildman–Crippen LogP) is 1.66. The number of rotatable bonds is 3. The first-order chi connectivity index (χ1) is 9.29. The summed E-state index contributed by atoms with van der Waals surface area (Å²) < 4.78 is 1.88. The zero-order chi connectivity index (χ0) is 14.9. The maximum absolute atomic E-state index is 4.39. The van der Waals surface area contributed by atoms with Crippen molar-refractivity contribution in [3.05, 3.63) is 12.2 Å². The standard InChI is InChI=1S/C15H29N5/c1-11(2)12-8-20(9-14-17-10-18-19(14)6)13(7-16-12)15(3,4)5/h10-13,16H,7-9H2,1-6H3. The number of piperazine rings is 1. The molecule has 2 rings (SSSR count). The molecular formula is C15H29N5. The first-order valence-electron chi connectivity index (χ1n) is 7.59. The van der Waals surface area contributed by atoms with Crippen LogP contribution in [0.3, 0.4) is 0 Å². The molecule has 0 bridgehead atoms. The number of nitrogens with one attached hydrogen (secondary N) is 1. The quantitative estimate of drug-likeness (QED) is 0.914. The van der Waals surface area contributed by atoms with E-state index >= 15 is 0 Å². The van der Waals surface area contributed by atoms with Crippen molar-refractivity contribution in [1.29, 1.82) is 0 Å². The highest BCUT2D eigenvalue weighted by Crippen LogP contribution is 2.28. The SMILES string of the molecule is CC(C)C1CN(Cc2ncnn2C)C(C(C)(C)C)CN1. The maximum atomic E-state index is 4.39. The van der Waals surface area contributed by atoms with Crippen molar-refractivity contribution in [2.24, 2.45) is 18.4 Å². The maximum Gasteiger partial charge on any atom is 0.140 e. The second kappa shape index (κ2) is 5.82. The summed E-state index contributed by atoms with van der Waals surface area (Å²) in [6.45, 7) is 14.5. The molecule has 5 nitrogen and oxygen atoms in total. The van der Waals surface area contributed by atoms with Crippen LogP contribution in [0.5, 0.6) is 0 Å². The molecule has 1 aliphatic heterocycles. The Bertz CT molecular complexity index is 432. The molecule has 0 saturated carbocycles. The minimum absolute atomic E-state index is 0.257. The fraction of sp³-hybridized carbons (Fsp3) is 0.867. The minimum Gasteiger partial charge on any atom is -0.311 e. The molecule has 114 valence electrons. The first kappa shape index (κ1) is 15.4. The Balaban J connectivity index is 2.15. The Hall–Kier alpha value is -0.940. The summed E-state index contributed by atoms with van der Waals surface area (Å²) in [7, 11) is 1.97. The minimum atomic E-state index is 0.257. The van der Waals surface area contributed by atoms with E-state index in [9.17, 15) is 0 Å². The van der Waals surface area contributed by atoms with Gasteiger partial charge in [-0.25, -0.2) is 4.98 Å². The third-order valence-corrected chi connectivity index (χ3v) is 4.40. The molecule has 1 N–H and O–H groups in total. The van der Waals surface area contributed by atoms with Crippen molar-refractivity contribution in [2.75, 3.05) is 13.1 Å². The second-order valence-electron chi connectivity index (χ2n) is 7.37. The summed E-state index contributed by atoms with van der Waals surface area (Å²) in [6.07, 6.45) is 1.64. The monoisotopic (exact) mass is 279 g/mol. The van der Waals surface area contributed by atoms with Crippen LogP contribution in [0.4, 0.5) is 0 Å². The summed E-state index contributed by atoms with van der Waals surface area (Å²) in [5.41, 5.74) is 0.257. The van der Waals surface area contributed by atoms with E-state index in [1.54, 1.807) is 6.33 Å². The molecule has 0 aromatic carbocycles. The molecule has 1 aliphatic rings. The number of nitrogens with zero attached hydrogens (tertiary/aromatic N) is 4. The lowest BCUT2D eigenvalue weighted by Gasteiger charge is -2.47. The van der Waals surface area contributed by atoms with Crippen molar-refractivity contribution in [2.45, 2.75) is 53.2 Å². The van der Waals surface area contributed by atoms with Crippen LogP contribution >= 0.6 is 0 Å². The Kier molecular flexibility index (Phi) is 4.49. The molecule has 1 aromatic rings. The second-order valence-corrected chi connectivity index (χ2v) is 7.37. The van der Waals surface area contributed by atoms with E-state index in [0.29, 0.717) is 18.0 Å². The Morgan fingerprint density at radius 3 is 2.60 bits per heavy atom. The number of hydrogen-bond donors (Lipinski definition) is 1.